The zero-order valence-corrected chi connectivity index (χ0v) is 18.6. The van der Waals surface area contributed by atoms with E-state index in [0.717, 1.165) is 30.3 Å². The fraction of sp³-hybridized carbons (Fsp3) is 0.348. The molecular formula is C23H23F3N6O2. The van der Waals surface area contributed by atoms with Crippen molar-refractivity contribution < 1.29 is 22.6 Å². The molecule has 0 saturated carbocycles. The van der Waals surface area contributed by atoms with E-state index in [1.54, 1.807) is 24.7 Å². The van der Waals surface area contributed by atoms with Crippen LogP contribution in [0.3, 0.4) is 0 Å². The second-order valence-corrected chi connectivity index (χ2v) is 8.20. The monoisotopic (exact) mass is 472 g/mol. The molecule has 8 nitrogen and oxygen atoms in total. The number of alkyl halides is 3. The predicted molar refractivity (Wildman–Crippen MR) is 119 cm³/mol. The fourth-order valence-corrected chi connectivity index (χ4v) is 4.09. The van der Waals surface area contributed by atoms with Crippen LogP contribution in [0.1, 0.15) is 35.8 Å². The Hall–Kier alpha value is -3.60. The van der Waals surface area contributed by atoms with Crippen LogP contribution in [-0.4, -0.2) is 44.5 Å². The lowest BCUT2D eigenvalue weighted by Gasteiger charge is -2.19. The second kappa shape index (κ2) is 8.64. The van der Waals surface area contributed by atoms with Crippen LogP contribution in [0.4, 0.5) is 24.5 Å². The molecule has 1 aliphatic rings. The zero-order valence-electron chi connectivity index (χ0n) is 18.6. The molecule has 178 valence electrons. The summed E-state index contributed by atoms with van der Waals surface area (Å²) in [5, 5.41) is 6.86. The van der Waals surface area contributed by atoms with E-state index in [9.17, 15) is 13.2 Å². The summed E-state index contributed by atoms with van der Waals surface area (Å²) in [6.45, 7) is 3.09. The van der Waals surface area contributed by atoms with Gasteiger partial charge in [0.1, 0.15) is 5.75 Å². The summed E-state index contributed by atoms with van der Waals surface area (Å²) in [4.78, 5) is 8.86. The van der Waals surface area contributed by atoms with Crippen LogP contribution >= 0.6 is 0 Å². The number of aromatic nitrogens is 5. The average Bonchev–Trinajstić information content (AvgIpc) is 3.45. The second-order valence-electron chi connectivity index (χ2n) is 8.20. The number of imidazole rings is 2. The number of methoxy groups -OCH3 is 1. The van der Waals surface area contributed by atoms with Gasteiger partial charge in [-0.25, -0.2) is 14.5 Å². The number of hydrogen-bond donors (Lipinski definition) is 1. The molecule has 34 heavy (non-hydrogen) atoms. The van der Waals surface area contributed by atoms with Crippen LogP contribution in [0.5, 0.6) is 5.75 Å². The lowest BCUT2D eigenvalue weighted by molar-refractivity contribution is -0.141. The number of fused-ring (bicyclic) bond motifs is 1. The quantitative estimate of drug-likeness (QED) is 0.446. The molecule has 0 amide bonds. The maximum atomic E-state index is 13.6. The molecule has 1 aromatic carbocycles. The van der Waals surface area contributed by atoms with Crippen molar-refractivity contribution in [3.63, 3.8) is 0 Å². The minimum Gasteiger partial charge on any atom is -0.494 e. The minimum atomic E-state index is -4.60. The molecule has 4 aromatic rings. The van der Waals surface area contributed by atoms with E-state index in [2.05, 4.69) is 20.4 Å². The van der Waals surface area contributed by atoms with Crippen LogP contribution in [-0.2, 0) is 10.9 Å². The standard InChI is InChI=1S/C23H23F3N6O2/c1-14-11-31(13-27-14)19-4-3-16(9-20(19)33-2)28-17-10-21(23(24,25)26)30-32-12-18(29-22(17)32)15-5-7-34-8-6-15/h3-4,9-13,15,28H,5-8H2,1-2H3. The summed E-state index contributed by atoms with van der Waals surface area (Å²) < 4.78 is 54.7. The third kappa shape index (κ3) is 4.30. The topological polar surface area (TPSA) is 78.5 Å². The van der Waals surface area contributed by atoms with Crippen molar-refractivity contribution in [1.82, 2.24) is 24.1 Å². The molecule has 1 saturated heterocycles. The highest BCUT2D eigenvalue weighted by atomic mass is 19.4. The Bertz CT molecular complexity index is 1320. The summed E-state index contributed by atoms with van der Waals surface area (Å²) in [6.07, 6.45) is 2.04. The Kier molecular flexibility index (Phi) is 5.64. The first-order valence-corrected chi connectivity index (χ1v) is 10.8. The lowest BCUT2D eigenvalue weighted by atomic mass is 9.97. The Morgan fingerprint density at radius 2 is 1.94 bits per heavy atom. The smallest absolute Gasteiger partial charge is 0.435 e. The van der Waals surface area contributed by atoms with Crippen LogP contribution in [0.15, 0.2) is 43.0 Å². The van der Waals surface area contributed by atoms with E-state index in [-0.39, 0.29) is 11.6 Å². The average molecular weight is 472 g/mol. The largest absolute Gasteiger partial charge is 0.494 e. The number of nitrogens with zero attached hydrogens (tertiary/aromatic N) is 5. The number of halogens is 3. The van der Waals surface area contributed by atoms with Crippen LogP contribution in [0.25, 0.3) is 11.3 Å². The fourth-order valence-electron chi connectivity index (χ4n) is 4.09. The van der Waals surface area contributed by atoms with Gasteiger partial charge < -0.3 is 19.4 Å². The summed E-state index contributed by atoms with van der Waals surface area (Å²) >= 11 is 0. The first-order valence-electron chi connectivity index (χ1n) is 10.8. The van der Waals surface area contributed by atoms with E-state index in [4.69, 9.17) is 9.47 Å². The Labute approximate surface area is 193 Å². The van der Waals surface area contributed by atoms with E-state index < -0.39 is 11.9 Å². The molecule has 4 heterocycles. The first kappa shape index (κ1) is 22.2. The molecule has 5 rings (SSSR count). The molecule has 1 fully saturated rings. The van der Waals surface area contributed by atoms with Gasteiger partial charge >= 0.3 is 6.18 Å². The van der Waals surface area contributed by atoms with Gasteiger partial charge in [0, 0.05) is 37.1 Å². The number of rotatable bonds is 5. The molecule has 3 aromatic heterocycles. The van der Waals surface area contributed by atoms with E-state index >= 15 is 0 Å². The third-order valence-corrected chi connectivity index (χ3v) is 5.82. The van der Waals surface area contributed by atoms with Gasteiger partial charge in [-0.15, -0.1) is 0 Å². The van der Waals surface area contributed by atoms with Crippen molar-refractivity contribution in [3.8, 4) is 11.4 Å². The van der Waals surface area contributed by atoms with Crippen molar-refractivity contribution in [2.75, 3.05) is 25.6 Å². The molecule has 11 heteroatoms. The minimum absolute atomic E-state index is 0.121. The van der Waals surface area contributed by atoms with E-state index in [1.165, 1.54) is 11.6 Å². The van der Waals surface area contributed by atoms with Crippen LogP contribution in [0.2, 0.25) is 0 Å². The normalized spacial score (nSPS) is 15.1. The highest BCUT2D eigenvalue weighted by Gasteiger charge is 2.34. The summed E-state index contributed by atoms with van der Waals surface area (Å²) in [5.41, 5.74) is 2.39. The van der Waals surface area contributed by atoms with Crippen molar-refractivity contribution in [2.45, 2.75) is 31.9 Å². The maximum Gasteiger partial charge on any atom is 0.435 e. The van der Waals surface area contributed by atoms with Crippen molar-refractivity contribution in [1.29, 1.82) is 0 Å². The van der Waals surface area contributed by atoms with Gasteiger partial charge in [-0.2, -0.15) is 18.3 Å². The number of nitrogens with one attached hydrogen (secondary N) is 1. The summed E-state index contributed by atoms with van der Waals surface area (Å²) in [7, 11) is 1.54. The molecule has 0 radical (unpaired) electrons. The van der Waals surface area contributed by atoms with Crippen molar-refractivity contribution in [3.05, 3.63) is 60.1 Å². The number of hydrogen-bond acceptors (Lipinski definition) is 6. The zero-order chi connectivity index (χ0) is 23.9. The van der Waals surface area contributed by atoms with Crippen molar-refractivity contribution >= 4 is 17.0 Å². The Morgan fingerprint density at radius 3 is 2.62 bits per heavy atom. The highest BCUT2D eigenvalue weighted by Crippen LogP contribution is 2.35. The van der Waals surface area contributed by atoms with Gasteiger partial charge in [-0.3, -0.25) is 0 Å². The maximum absolute atomic E-state index is 13.6. The van der Waals surface area contributed by atoms with Gasteiger partial charge in [0.2, 0.25) is 0 Å². The van der Waals surface area contributed by atoms with Gasteiger partial charge in [-0.1, -0.05) is 0 Å². The summed E-state index contributed by atoms with van der Waals surface area (Å²) in [6, 6.07) is 6.27. The van der Waals surface area contributed by atoms with Crippen LogP contribution < -0.4 is 10.1 Å². The van der Waals surface area contributed by atoms with E-state index in [0.29, 0.717) is 36.0 Å². The number of ether oxygens (including phenoxy) is 2. The first-order chi connectivity index (χ1) is 16.3. The molecule has 0 aliphatic carbocycles. The number of benzene rings is 1. The van der Waals surface area contributed by atoms with Crippen LogP contribution in [0, 0.1) is 6.92 Å². The third-order valence-electron chi connectivity index (χ3n) is 5.82. The molecule has 0 bridgehead atoms. The molecule has 0 unspecified atom stereocenters. The van der Waals surface area contributed by atoms with Gasteiger partial charge in [0.15, 0.2) is 11.3 Å². The Morgan fingerprint density at radius 1 is 1.15 bits per heavy atom. The van der Waals surface area contributed by atoms with Gasteiger partial charge in [-0.05, 0) is 38.0 Å². The Balaban J connectivity index is 1.55. The van der Waals surface area contributed by atoms with E-state index in [1.807, 2.05) is 23.8 Å². The molecular weight excluding hydrogens is 449 g/mol. The lowest BCUT2D eigenvalue weighted by Crippen LogP contribution is -2.14. The molecule has 0 atom stereocenters. The highest BCUT2D eigenvalue weighted by molar-refractivity contribution is 5.75. The number of aryl methyl sites for hydroxylation is 1. The predicted octanol–water partition coefficient (Wildman–Crippen LogP) is 4.89. The molecule has 1 N–H and O–H groups in total. The van der Waals surface area contributed by atoms with Crippen molar-refractivity contribution in [2.24, 2.45) is 0 Å². The number of anilines is 2. The summed E-state index contributed by atoms with van der Waals surface area (Å²) in [5.74, 6) is 0.658. The molecule has 0 spiro atoms. The van der Waals surface area contributed by atoms with Gasteiger partial charge in [0.25, 0.3) is 0 Å². The molecule has 1 aliphatic heterocycles. The SMILES string of the molecule is COc1cc(Nc2cc(C(F)(F)F)nn3cc(C4CCOCC4)nc23)ccc1-n1cnc(C)c1. The van der Waals surface area contributed by atoms with Gasteiger partial charge in [0.05, 0.1) is 42.4 Å².